The van der Waals surface area contributed by atoms with E-state index in [1.165, 1.54) is 6.08 Å². The largest absolute Gasteiger partial charge is 0.300 e. The quantitative estimate of drug-likeness (QED) is 0.710. The van der Waals surface area contributed by atoms with Crippen molar-refractivity contribution < 1.29 is 9.18 Å². The van der Waals surface area contributed by atoms with Crippen molar-refractivity contribution in [3.05, 3.63) is 53.9 Å². The summed E-state index contributed by atoms with van der Waals surface area (Å²) in [6.45, 7) is 5.23. The number of ketones is 1. The molecule has 0 bridgehead atoms. The first-order chi connectivity index (χ1) is 8.67. The van der Waals surface area contributed by atoms with Crippen LogP contribution in [0.2, 0.25) is 0 Å². The lowest BCUT2D eigenvalue weighted by molar-refractivity contribution is -0.116. The van der Waals surface area contributed by atoms with Gasteiger partial charge in [0.2, 0.25) is 0 Å². The first-order valence-electron chi connectivity index (χ1n) is 6.21. The van der Waals surface area contributed by atoms with Gasteiger partial charge in [0.15, 0.2) is 0 Å². The van der Waals surface area contributed by atoms with E-state index in [4.69, 9.17) is 0 Å². The molecular formula is C16H17FO. The van der Waals surface area contributed by atoms with Crippen LogP contribution in [0.1, 0.15) is 42.4 Å². The highest BCUT2D eigenvalue weighted by atomic mass is 19.1. The Morgan fingerprint density at radius 3 is 2.72 bits per heavy atom. The van der Waals surface area contributed by atoms with Crippen molar-refractivity contribution >= 4 is 11.4 Å². The Hall–Kier alpha value is -1.70. The molecule has 1 nitrogen and oxygen atoms in total. The predicted molar refractivity (Wildman–Crippen MR) is 72.1 cm³/mol. The Kier molecular flexibility index (Phi) is 3.75. The molecule has 1 aromatic rings. The summed E-state index contributed by atoms with van der Waals surface area (Å²) in [6, 6.07) is 5.76. The smallest absolute Gasteiger partial charge is 0.134 e. The molecule has 18 heavy (non-hydrogen) atoms. The topological polar surface area (TPSA) is 17.1 Å². The molecule has 1 saturated carbocycles. The van der Waals surface area contributed by atoms with Crippen LogP contribution in [0.25, 0.3) is 5.57 Å². The number of hydrogen-bond donors (Lipinski definition) is 0. The third-order valence-corrected chi connectivity index (χ3v) is 3.27. The first kappa shape index (κ1) is 12.7. The average molecular weight is 244 g/mol. The van der Waals surface area contributed by atoms with Gasteiger partial charge in [-0.1, -0.05) is 30.9 Å². The molecule has 1 aliphatic carbocycles. The van der Waals surface area contributed by atoms with Gasteiger partial charge in [-0.3, -0.25) is 4.79 Å². The Balaban J connectivity index is 2.52. The van der Waals surface area contributed by atoms with Crippen LogP contribution in [0, 0.1) is 0 Å². The molecule has 1 aromatic carbocycles. The van der Waals surface area contributed by atoms with E-state index in [9.17, 15) is 9.18 Å². The van der Waals surface area contributed by atoms with Crippen LogP contribution in [-0.2, 0) is 11.2 Å². The van der Waals surface area contributed by atoms with Crippen molar-refractivity contribution in [1.29, 1.82) is 0 Å². The van der Waals surface area contributed by atoms with Crippen molar-refractivity contribution in [2.24, 2.45) is 0 Å². The van der Waals surface area contributed by atoms with Gasteiger partial charge in [-0.15, -0.1) is 0 Å². The maximum Gasteiger partial charge on any atom is 0.134 e. The van der Waals surface area contributed by atoms with Crippen LogP contribution in [0.15, 0.2) is 37.2 Å². The Labute approximate surface area is 107 Å². The van der Waals surface area contributed by atoms with Crippen molar-refractivity contribution in [1.82, 2.24) is 0 Å². The van der Waals surface area contributed by atoms with E-state index in [-0.39, 0.29) is 5.78 Å². The second-order valence-electron chi connectivity index (χ2n) is 4.80. The van der Waals surface area contributed by atoms with E-state index in [0.29, 0.717) is 24.2 Å². The van der Waals surface area contributed by atoms with Gasteiger partial charge in [0.1, 0.15) is 5.78 Å². The van der Waals surface area contributed by atoms with Crippen LogP contribution < -0.4 is 0 Å². The fraction of sp³-hybridized carbons (Fsp3) is 0.312. The zero-order valence-electron chi connectivity index (χ0n) is 10.6. The molecule has 0 atom stereocenters. The predicted octanol–water partition coefficient (Wildman–Crippen LogP) is 4.19. The van der Waals surface area contributed by atoms with Gasteiger partial charge in [0, 0.05) is 12.0 Å². The first-order valence-corrected chi connectivity index (χ1v) is 6.21. The van der Waals surface area contributed by atoms with Gasteiger partial charge in [0.05, 0.1) is 6.33 Å². The number of allylic oxidation sites excluding steroid dienone is 2. The second kappa shape index (κ2) is 5.30. The number of rotatable bonds is 5. The second-order valence-corrected chi connectivity index (χ2v) is 4.80. The summed E-state index contributed by atoms with van der Waals surface area (Å²) in [6.07, 6.45) is 4.79. The summed E-state index contributed by atoms with van der Waals surface area (Å²) in [4.78, 5) is 11.3. The lowest BCUT2D eigenvalue weighted by Gasteiger charge is -2.14. The molecule has 1 aliphatic rings. The highest BCUT2D eigenvalue weighted by Crippen LogP contribution is 2.45. The van der Waals surface area contributed by atoms with Gasteiger partial charge >= 0.3 is 0 Å². The van der Waals surface area contributed by atoms with Crippen molar-refractivity contribution in [3.63, 3.8) is 0 Å². The third-order valence-electron chi connectivity index (χ3n) is 3.27. The Bertz CT molecular complexity index is 510. The SMILES string of the molecule is C=C/C(=C\F)c1cccc(CC(C)=O)c1C1CC1. The molecule has 0 amide bonds. The summed E-state index contributed by atoms with van der Waals surface area (Å²) in [7, 11) is 0. The minimum absolute atomic E-state index is 0.137. The van der Waals surface area contributed by atoms with Gasteiger partial charge in [-0.05, 0) is 42.4 Å². The molecule has 0 radical (unpaired) electrons. The lowest BCUT2D eigenvalue weighted by atomic mass is 9.90. The van der Waals surface area contributed by atoms with Gasteiger partial charge in [0.25, 0.3) is 0 Å². The number of carbonyl (C=O) groups excluding carboxylic acids is 1. The number of carbonyl (C=O) groups is 1. The van der Waals surface area contributed by atoms with Crippen LogP contribution >= 0.6 is 0 Å². The van der Waals surface area contributed by atoms with Crippen molar-refractivity contribution in [2.45, 2.75) is 32.1 Å². The van der Waals surface area contributed by atoms with Crippen LogP contribution in [0.3, 0.4) is 0 Å². The average Bonchev–Trinajstić information content (AvgIpc) is 3.14. The molecule has 0 heterocycles. The molecule has 0 N–H and O–H groups in total. The van der Waals surface area contributed by atoms with Gasteiger partial charge < -0.3 is 0 Å². The van der Waals surface area contributed by atoms with E-state index in [2.05, 4.69) is 6.58 Å². The van der Waals surface area contributed by atoms with Crippen molar-refractivity contribution in [3.8, 4) is 0 Å². The molecule has 94 valence electrons. The van der Waals surface area contributed by atoms with Crippen LogP contribution in [0.4, 0.5) is 4.39 Å². The van der Waals surface area contributed by atoms with E-state index in [1.54, 1.807) is 6.92 Å². The normalized spacial score (nSPS) is 15.6. The standard InChI is InChI=1S/C16H17FO/c1-3-12(10-17)15-6-4-5-14(9-11(2)18)16(15)13-7-8-13/h3-6,10,13H,1,7-9H2,2H3/b12-10+. The van der Waals surface area contributed by atoms with Crippen molar-refractivity contribution in [2.75, 3.05) is 0 Å². The molecular weight excluding hydrogens is 227 g/mol. The lowest BCUT2D eigenvalue weighted by Crippen LogP contribution is -2.03. The zero-order chi connectivity index (χ0) is 13.1. The maximum absolute atomic E-state index is 12.9. The minimum Gasteiger partial charge on any atom is -0.300 e. The minimum atomic E-state index is 0.137. The Morgan fingerprint density at radius 1 is 1.50 bits per heavy atom. The highest BCUT2D eigenvalue weighted by Gasteiger charge is 2.29. The molecule has 1 fully saturated rings. The maximum atomic E-state index is 12.9. The molecule has 2 heteroatoms. The fourth-order valence-corrected chi connectivity index (χ4v) is 2.35. The monoisotopic (exact) mass is 244 g/mol. The molecule has 0 spiro atoms. The third kappa shape index (κ3) is 2.58. The number of halogens is 1. The zero-order valence-corrected chi connectivity index (χ0v) is 10.6. The summed E-state index contributed by atoms with van der Waals surface area (Å²) < 4.78 is 12.9. The number of Topliss-reactive ketones (excluding diaryl/α,β-unsaturated/α-hetero) is 1. The molecule has 0 saturated heterocycles. The molecule has 0 unspecified atom stereocenters. The van der Waals surface area contributed by atoms with E-state index in [0.717, 1.165) is 29.5 Å². The van der Waals surface area contributed by atoms with E-state index in [1.807, 2.05) is 18.2 Å². The summed E-state index contributed by atoms with van der Waals surface area (Å²) in [5.41, 5.74) is 3.55. The van der Waals surface area contributed by atoms with Gasteiger partial charge in [-0.25, -0.2) is 4.39 Å². The van der Waals surface area contributed by atoms with Gasteiger partial charge in [-0.2, -0.15) is 0 Å². The summed E-state index contributed by atoms with van der Waals surface area (Å²) in [5, 5.41) is 0. The van der Waals surface area contributed by atoms with Crippen LogP contribution in [-0.4, -0.2) is 5.78 Å². The molecule has 0 aliphatic heterocycles. The highest BCUT2D eigenvalue weighted by molar-refractivity contribution is 5.81. The fourth-order valence-electron chi connectivity index (χ4n) is 2.35. The molecule has 2 rings (SSSR count). The number of hydrogen-bond acceptors (Lipinski definition) is 1. The van der Waals surface area contributed by atoms with E-state index < -0.39 is 0 Å². The Morgan fingerprint density at radius 2 is 2.22 bits per heavy atom. The number of benzene rings is 1. The van der Waals surface area contributed by atoms with Crippen LogP contribution in [0.5, 0.6) is 0 Å². The molecule has 0 aromatic heterocycles. The summed E-state index contributed by atoms with van der Waals surface area (Å²) in [5.74, 6) is 0.615. The summed E-state index contributed by atoms with van der Waals surface area (Å²) >= 11 is 0. The van der Waals surface area contributed by atoms with E-state index >= 15 is 0 Å².